The van der Waals surface area contributed by atoms with E-state index in [2.05, 4.69) is 15.6 Å². The van der Waals surface area contributed by atoms with E-state index >= 15 is 0 Å². The average Bonchev–Trinajstić information content (AvgIpc) is 3.00. The van der Waals surface area contributed by atoms with E-state index < -0.39 is 0 Å². The van der Waals surface area contributed by atoms with Gasteiger partial charge in [-0.1, -0.05) is 37.6 Å². The second kappa shape index (κ2) is 8.92. The third kappa shape index (κ3) is 5.41. The minimum absolute atomic E-state index is 0.0495. The van der Waals surface area contributed by atoms with E-state index in [0.29, 0.717) is 6.54 Å². The second-order valence-electron chi connectivity index (χ2n) is 6.39. The van der Waals surface area contributed by atoms with Gasteiger partial charge in [0.25, 0.3) is 0 Å². The quantitative estimate of drug-likeness (QED) is 0.634. The Labute approximate surface area is 149 Å². The molecule has 1 amide bonds. The van der Waals surface area contributed by atoms with Gasteiger partial charge < -0.3 is 15.5 Å². The van der Waals surface area contributed by atoms with Gasteiger partial charge in [-0.25, -0.2) is 4.99 Å². The molecule has 1 aromatic carbocycles. The van der Waals surface area contributed by atoms with Crippen molar-refractivity contribution in [2.24, 2.45) is 10.9 Å². The predicted molar refractivity (Wildman–Crippen MR) is 99.2 cm³/mol. The van der Waals surface area contributed by atoms with E-state index in [1.54, 1.807) is 0 Å². The number of amides is 1. The van der Waals surface area contributed by atoms with E-state index in [9.17, 15) is 4.79 Å². The first kappa shape index (κ1) is 18.6. The Morgan fingerprint density at radius 3 is 2.92 bits per heavy atom. The number of halogens is 1. The maximum absolute atomic E-state index is 12.1. The standard InChI is InChI=1S/C18H27ClN4O/c1-4-20-18(21-11-14-6-5-7-15(19)10-14)22-16-8-9-23(12-16)17(24)13(2)3/h5-7,10,13,16H,4,8-9,11-12H2,1-3H3,(H2,20,21,22). The molecule has 1 heterocycles. The van der Waals surface area contributed by atoms with Crippen LogP contribution in [0.3, 0.4) is 0 Å². The van der Waals surface area contributed by atoms with Crippen molar-refractivity contribution in [1.82, 2.24) is 15.5 Å². The van der Waals surface area contributed by atoms with Crippen molar-refractivity contribution in [3.63, 3.8) is 0 Å². The highest BCUT2D eigenvalue weighted by Gasteiger charge is 2.27. The van der Waals surface area contributed by atoms with Gasteiger partial charge in [0.2, 0.25) is 5.91 Å². The van der Waals surface area contributed by atoms with Gasteiger partial charge in [0, 0.05) is 36.6 Å². The zero-order chi connectivity index (χ0) is 17.5. The Morgan fingerprint density at radius 2 is 2.25 bits per heavy atom. The lowest BCUT2D eigenvalue weighted by Crippen LogP contribution is -2.45. The van der Waals surface area contributed by atoms with Crippen LogP contribution in [-0.4, -0.2) is 42.4 Å². The number of carbonyl (C=O) groups excluding carboxylic acids is 1. The number of likely N-dealkylation sites (tertiary alicyclic amines) is 1. The zero-order valence-corrected chi connectivity index (χ0v) is 15.4. The van der Waals surface area contributed by atoms with Crippen LogP contribution in [0.15, 0.2) is 29.3 Å². The van der Waals surface area contributed by atoms with E-state index in [1.165, 1.54) is 0 Å². The first-order chi connectivity index (χ1) is 11.5. The summed E-state index contributed by atoms with van der Waals surface area (Å²) in [5.41, 5.74) is 1.07. The van der Waals surface area contributed by atoms with Gasteiger partial charge in [0.15, 0.2) is 5.96 Å². The van der Waals surface area contributed by atoms with E-state index in [0.717, 1.165) is 42.6 Å². The fraction of sp³-hybridized carbons (Fsp3) is 0.556. The van der Waals surface area contributed by atoms with E-state index in [4.69, 9.17) is 11.6 Å². The van der Waals surface area contributed by atoms with Crippen LogP contribution >= 0.6 is 11.6 Å². The van der Waals surface area contributed by atoms with Crippen molar-refractivity contribution in [3.05, 3.63) is 34.9 Å². The van der Waals surface area contributed by atoms with Gasteiger partial charge in [-0.3, -0.25) is 4.79 Å². The van der Waals surface area contributed by atoms with Crippen molar-refractivity contribution in [1.29, 1.82) is 0 Å². The topological polar surface area (TPSA) is 56.7 Å². The minimum Gasteiger partial charge on any atom is -0.357 e. The monoisotopic (exact) mass is 350 g/mol. The highest BCUT2D eigenvalue weighted by molar-refractivity contribution is 6.30. The largest absolute Gasteiger partial charge is 0.357 e. The molecule has 6 heteroatoms. The minimum atomic E-state index is 0.0495. The summed E-state index contributed by atoms with van der Waals surface area (Å²) in [6.07, 6.45) is 0.944. The molecule has 5 nitrogen and oxygen atoms in total. The van der Waals surface area contributed by atoms with Gasteiger partial charge in [0.05, 0.1) is 6.54 Å². The van der Waals surface area contributed by atoms with E-state index in [-0.39, 0.29) is 17.9 Å². The number of nitrogens with zero attached hydrogens (tertiary/aromatic N) is 2. The SMILES string of the molecule is CCNC(=NCc1cccc(Cl)c1)NC1CCN(C(=O)C(C)C)C1. The first-order valence-corrected chi connectivity index (χ1v) is 8.95. The molecule has 132 valence electrons. The number of hydrogen-bond acceptors (Lipinski definition) is 2. The third-order valence-corrected chi connectivity index (χ3v) is 4.22. The second-order valence-corrected chi connectivity index (χ2v) is 6.83. The maximum Gasteiger partial charge on any atom is 0.225 e. The van der Waals surface area contributed by atoms with Crippen LogP contribution in [-0.2, 0) is 11.3 Å². The Morgan fingerprint density at radius 1 is 1.46 bits per heavy atom. The molecule has 24 heavy (non-hydrogen) atoms. The Hall–Kier alpha value is -1.75. The molecule has 0 radical (unpaired) electrons. The van der Waals surface area contributed by atoms with Crippen molar-refractivity contribution >= 4 is 23.5 Å². The fourth-order valence-electron chi connectivity index (χ4n) is 2.76. The van der Waals surface area contributed by atoms with Gasteiger partial charge in [0.1, 0.15) is 0 Å². The van der Waals surface area contributed by atoms with Crippen LogP contribution in [0.5, 0.6) is 0 Å². The molecule has 0 saturated carbocycles. The molecule has 1 aliphatic rings. The third-order valence-electron chi connectivity index (χ3n) is 3.99. The summed E-state index contributed by atoms with van der Waals surface area (Å²) < 4.78 is 0. The summed E-state index contributed by atoms with van der Waals surface area (Å²) in [5.74, 6) is 1.05. The number of hydrogen-bond donors (Lipinski definition) is 2. The summed E-state index contributed by atoms with van der Waals surface area (Å²) in [4.78, 5) is 18.6. The Bertz CT molecular complexity index is 588. The molecule has 2 rings (SSSR count). The van der Waals surface area contributed by atoms with E-state index in [1.807, 2.05) is 49.9 Å². The Kier molecular flexibility index (Phi) is 6.91. The van der Waals surface area contributed by atoms with Gasteiger partial charge in [-0.15, -0.1) is 0 Å². The van der Waals surface area contributed by atoms with Crippen LogP contribution < -0.4 is 10.6 Å². The van der Waals surface area contributed by atoms with Crippen LogP contribution in [0.4, 0.5) is 0 Å². The number of benzene rings is 1. The fourth-order valence-corrected chi connectivity index (χ4v) is 2.98. The highest BCUT2D eigenvalue weighted by Crippen LogP contribution is 2.13. The highest BCUT2D eigenvalue weighted by atomic mass is 35.5. The molecule has 1 aliphatic heterocycles. The number of guanidine groups is 1. The molecular weight excluding hydrogens is 324 g/mol. The molecule has 1 atom stereocenters. The lowest BCUT2D eigenvalue weighted by Gasteiger charge is -2.20. The molecule has 0 bridgehead atoms. The van der Waals surface area contributed by atoms with Crippen molar-refractivity contribution in [2.45, 2.75) is 39.8 Å². The van der Waals surface area contributed by atoms with Crippen molar-refractivity contribution in [3.8, 4) is 0 Å². The molecule has 0 spiro atoms. The number of nitrogens with one attached hydrogen (secondary N) is 2. The van der Waals surface area contributed by atoms with Crippen LogP contribution in [0, 0.1) is 5.92 Å². The smallest absolute Gasteiger partial charge is 0.225 e. The molecule has 2 N–H and O–H groups in total. The lowest BCUT2D eigenvalue weighted by atomic mass is 10.2. The van der Waals surface area contributed by atoms with Crippen LogP contribution in [0.2, 0.25) is 5.02 Å². The Balaban J connectivity index is 1.94. The summed E-state index contributed by atoms with van der Waals surface area (Å²) in [7, 11) is 0. The zero-order valence-electron chi connectivity index (χ0n) is 14.7. The number of carbonyl (C=O) groups is 1. The molecule has 1 fully saturated rings. The lowest BCUT2D eigenvalue weighted by molar-refractivity contribution is -0.133. The van der Waals surface area contributed by atoms with Gasteiger partial charge in [-0.05, 0) is 31.0 Å². The summed E-state index contributed by atoms with van der Waals surface area (Å²) in [6, 6.07) is 7.96. The summed E-state index contributed by atoms with van der Waals surface area (Å²) in [5, 5.41) is 7.42. The van der Waals surface area contributed by atoms with Crippen LogP contribution in [0.25, 0.3) is 0 Å². The number of aliphatic imine (C=N–C) groups is 1. The van der Waals surface area contributed by atoms with Crippen molar-refractivity contribution < 1.29 is 4.79 Å². The molecule has 1 unspecified atom stereocenters. The van der Waals surface area contributed by atoms with Gasteiger partial charge >= 0.3 is 0 Å². The molecule has 0 aromatic heterocycles. The normalized spacial score (nSPS) is 18.1. The molecule has 1 saturated heterocycles. The first-order valence-electron chi connectivity index (χ1n) is 8.57. The van der Waals surface area contributed by atoms with Gasteiger partial charge in [-0.2, -0.15) is 0 Å². The number of rotatable bonds is 5. The van der Waals surface area contributed by atoms with Crippen LogP contribution in [0.1, 0.15) is 32.8 Å². The molecule has 1 aromatic rings. The average molecular weight is 351 g/mol. The molecular formula is C18H27ClN4O. The summed E-state index contributed by atoms with van der Waals surface area (Å²) >= 11 is 6.01. The predicted octanol–water partition coefficient (Wildman–Crippen LogP) is 2.65. The maximum atomic E-state index is 12.1. The molecule has 0 aliphatic carbocycles. The van der Waals surface area contributed by atoms with Crippen molar-refractivity contribution in [2.75, 3.05) is 19.6 Å². The summed E-state index contributed by atoms with van der Waals surface area (Å²) in [6.45, 7) is 8.83.